The second-order valence-corrected chi connectivity index (χ2v) is 6.48. The van der Waals surface area contributed by atoms with Crippen molar-refractivity contribution in [1.82, 2.24) is 15.1 Å². The van der Waals surface area contributed by atoms with Crippen molar-refractivity contribution in [1.29, 1.82) is 0 Å². The largest absolute Gasteiger partial charge is 0.435 e. The number of nitrogens with one attached hydrogen (secondary N) is 2. The Morgan fingerprint density at radius 1 is 1.24 bits per heavy atom. The molecule has 0 aliphatic rings. The molecule has 4 nitrogen and oxygen atoms in total. The predicted octanol–water partition coefficient (Wildman–Crippen LogP) is 4.89. The average molecular weight is 411 g/mol. The van der Waals surface area contributed by atoms with Gasteiger partial charge >= 0.3 is 6.18 Å². The number of alkyl halides is 3. The summed E-state index contributed by atoms with van der Waals surface area (Å²) in [5.74, 6) is 0. The first-order valence-corrected chi connectivity index (χ1v) is 8.45. The maximum atomic E-state index is 12.6. The first kappa shape index (κ1) is 19.8. The van der Waals surface area contributed by atoms with Gasteiger partial charge in [-0.15, -0.1) is 0 Å². The Hall–Kier alpha value is -1.51. The van der Waals surface area contributed by atoms with Crippen LogP contribution < -0.4 is 10.6 Å². The fourth-order valence-corrected chi connectivity index (χ4v) is 2.57. The fourth-order valence-electron chi connectivity index (χ4n) is 2.05. The summed E-state index contributed by atoms with van der Waals surface area (Å²) in [5, 5.41) is 10.7. The van der Waals surface area contributed by atoms with E-state index in [4.69, 9.17) is 35.4 Å². The van der Waals surface area contributed by atoms with Gasteiger partial charge in [0.2, 0.25) is 0 Å². The van der Waals surface area contributed by atoms with Crippen molar-refractivity contribution in [3.05, 3.63) is 45.7 Å². The molecular weight excluding hydrogens is 396 g/mol. The van der Waals surface area contributed by atoms with Gasteiger partial charge in [-0.05, 0) is 49.8 Å². The molecule has 136 valence electrons. The van der Waals surface area contributed by atoms with Crippen molar-refractivity contribution in [3.63, 3.8) is 0 Å². The lowest BCUT2D eigenvalue weighted by Crippen LogP contribution is -2.29. The molecule has 0 saturated heterocycles. The Balaban J connectivity index is 1.78. The third-order valence-corrected chi connectivity index (χ3v) is 4.27. The van der Waals surface area contributed by atoms with E-state index >= 15 is 0 Å². The maximum absolute atomic E-state index is 12.6. The molecule has 0 saturated carbocycles. The van der Waals surface area contributed by atoms with Crippen LogP contribution in [0.1, 0.15) is 17.8 Å². The fraction of sp³-hybridized carbons (Fsp3) is 0.333. The number of benzene rings is 1. The topological polar surface area (TPSA) is 41.9 Å². The summed E-state index contributed by atoms with van der Waals surface area (Å²) in [7, 11) is 0. The summed E-state index contributed by atoms with van der Waals surface area (Å²) < 4.78 is 39.1. The molecule has 10 heteroatoms. The predicted molar refractivity (Wildman–Crippen MR) is 97.3 cm³/mol. The minimum Gasteiger partial charge on any atom is -0.362 e. The quantitative estimate of drug-likeness (QED) is 0.543. The van der Waals surface area contributed by atoms with Crippen molar-refractivity contribution in [2.75, 3.05) is 11.9 Å². The smallest absolute Gasteiger partial charge is 0.362 e. The van der Waals surface area contributed by atoms with E-state index in [1.165, 1.54) is 4.68 Å². The van der Waals surface area contributed by atoms with E-state index < -0.39 is 11.9 Å². The van der Waals surface area contributed by atoms with Gasteiger partial charge in [0.05, 0.1) is 10.0 Å². The highest BCUT2D eigenvalue weighted by Crippen LogP contribution is 2.28. The van der Waals surface area contributed by atoms with E-state index in [1.807, 2.05) is 0 Å². The molecule has 2 rings (SSSR count). The molecule has 0 spiro atoms. The van der Waals surface area contributed by atoms with Gasteiger partial charge in [0.15, 0.2) is 10.8 Å². The SMILES string of the molecule is Cc1cc(C(F)(F)F)nn1CCCNC(=S)Nc1ccc(Cl)c(Cl)c1. The molecule has 0 aliphatic carbocycles. The molecule has 2 aromatic rings. The van der Waals surface area contributed by atoms with Crippen LogP contribution in [0, 0.1) is 6.92 Å². The summed E-state index contributed by atoms with van der Waals surface area (Å²) in [6, 6.07) is 6.05. The molecule has 0 unspecified atom stereocenters. The van der Waals surface area contributed by atoms with Crippen molar-refractivity contribution >= 4 is 46.2 Å². The van der Waals surface area contributed by atoms with Crippen LogP contribution >= 0.6 is 35.4 Å². The van der Waals surface area contributed by atoms with E-state index in [0.29, 0.717) is 46.0 Å². The number of nitrogens with zero attached hydrogens (tertiary/aromatic N) is 2. The minimum atomic E-state index is -4.43. The Morgan fingerprint density at radius 3 is 2.56 bits per heavy atom. The van der Waals surface area contributed by atoms with Crippen molar-refractivity contribution in [2.45, 2.75) is 26.1 Å². The number of aryl methyl sites for hydroxylation is 2. The minimum absolute atomic E-state index is 0.351. The van der Waals surface area contributed by atoms with Crippen LogP contribution in [0.3, 0.4) is 0 Å². The summed E-state index contributed by atoms with van der Waals surface area (Å²) in [4.78, 5) is 0. The molecule has 2 N–H and O–H groups in total. The first-order valence-electron chi connectivity index (χ1n) is 7.28. The molecule has 1 aromatic heterocycles. The van der Waals surface area contributed by atoms with E-state index in [2.05, 4.69) is 15.7 Å². The van der Waals surface area contributed by atoms with Crippen LogP contribution in [-0.4, -0.2) is 21.4 Å². The maximum Gasteiger partial charge on any atom is 0.435 e. The van der Waals surface area contributed by atoms with E-state index in [1.54, 1.807) is 25.1 Å². The zero-order valence-electron chi connectivity index (χ0n) is 13.1. The molecule has 0 fully saturated rings. The van der Waals surface area contributed by atoms with Gasteiger partial charge in [0.25, 0.3) is 0 Å². The Morgan fingerprint density at radius 2 is 1.96 bits per heavy atom. The third kappa shape index (κ3) is 5.76. The van der Waals surface area contributed by atoms with Crippen LogP contribution in [-0.2, 0) is 12.7 Å². The molecule has 25 heavy (non-hydrogen) atoms. The molecule has 0 amide bonds. The summed E-state index contributed by atoms with van der Waals surface area (Å²) >= 11 is 16.9. The van der Waals surface area contributed by atoms with Gasteiger partial charge in [0.1, 0.15) is 0 Å². The monoisotopic (exact) mass is 410 g/mol. The van der Waals surface area contributed by atoms with Crippen LogP contribution in [0.2, 0.25) is 10.0 Å². The number of rotatable bonds is 5. The summed E-state index contributed by atoms with van der Waals surface area (Å²) in [6.45, 7) is 2.42. The lowest BCUT2D eigenvalue weighted by molar-refractivity contribution is -0.141. The highest BCUT2D eigenvalue weighted by molar-refractivity contribution is 7.80. The zero-order valence-corrected chi connectivity index (χ0v) is 15.5. The van der Waals surface area contributed by atoms with Crippen LogP contribution in [0.15, 0.2) is 24.3 Å². The Bertz CT molecular complexity index is 762. The Labute approximate surface area is 158 Å². The van der Waals surface area contributed by atoms with Crippen LogP contribution in [0.4, 0.5) is 18.9 Å². The standard InChI is InChI=1S/C15H15Cl2F3N4S/c1-9-7-13(15(18,19)20)23-24(9)6-2-5-21-14(25)22-10-3-4-11(16)12(17)8-10/h3-4,7-8H,2,5-6H2,1H3,(H2,21,22,25). The third-order valence-electron chi connectivity index (χ3n) is 3.28. The summed E-state index contributed by atoms with van der Waals surface area (Å²) in [6.07, 6.45) is -3.87. The van der Waals surface area contributed by atoms with Crippen molar-refractivity contribution in [2.24, 2.45) is 0 Å². The lowest BCUT2D eigenvalue weighted by atomic mass is 10.3. The van der Waals surface area contributed by atoms with Gasteiger partial charge in [-0.3, -0.25) is 4.68 Å². The van der Waals surface area contributed by atoms with Crippen LogP contribution in [0.25, 0.3) is 0 Å². The van der Waals surface area contributed by atoms with Gasteiger partial charge < -0.3 is 10.6 Å². The molecule has 1 aromatic carbocycles. The van der Waals surface area contributed by atoms with Crippen LogP contribution in [0.5, 0.6) is 0 Å². The summed E-state index contributed by atoms with van der Waals surface area (Å²) in [5.41, 5.74) is 0.267. The van der Waals surface area contributed by atoms with Gasteiger partial charge in [-0.25, -0.2) is 0 Å². The second-order valence-electron chi connectivity index (χ2n) is 5.26. The molecule has 0 aliphatic heterocycles. The average Bonchev–Trinajstić information content (AvgIpc) is 2.89. The number of hydrogen-bond donors (Lipinski definition) is 2. The molecule has 0 bridgehead atoms. The molecule has 0 atom stereocenters. The van der Waals surface area contributed by atoms with E-state index in [0.717, 1.165) is 6.07 Å². The van der Waals surface area contributed by atoms with Gasteiger partial charge in [0, 0.05) is 24.5 Å². The molecular formula is C15H15Cl2F3N4S. The molecule has 1 heterocycles. The zero-order chi connectivity index (χ0) is 18.6. The first-order chi connectivity index (χ1) is 11.7. The van der Waals surface area contributed by atoms with E-state index in [9.17, 15) is 13.2 Å². The normalized spacial score (nSPS) is 11.4. The Kier molecular flexibility index (Phi) is 6.53. The van der Waals surface area contributed by atoms with E-state index in [-0.39, 0.29) is 0 Å². The number of thiocarbonyl (C=S) groups is 1. The molecule has 0 radical (unpaired) electrons. The number of halogens is 5. The number of aromatic nitrogens is 2. The highest BCUT2D eigenvalue weighted by Gasteiger charge is 2.34. The van der Waals surface area contributed by atoms with Gasteiger partial charge in [-0.2, -0.15) is 18.3 Å². The second kappa shape index (κ2) is 8.25. The van der Waals surface area contributed by atoms with Crippen molar-refractivity contribution in [3.8, 4) is 0 Å². The number of anilines is 1. The lowest BCUT2D eigenvalue weighted by Gasteiger charge is -2.11. The highest BCUT2D eigenvalue weighted by atomic mass is 35.5. The van der Waals surface area contributed by atoms with Crippen molar-refractivity contribution < 1.29 is 13.2 Å². The van der Waals surface area contributed by atoms with Gasteiger partial charge in [-0.1, -0.05) is 23.2 Å². The number of hydrogen-bond acceptors (Lipinski definition) is 2.